The zero-order valence-corrected chi connectivity index (χ0v) is 20.5. The molecule has 2 aromatic heterocycles. The summed E-state index contributed by atoms with van der Waals surface area (Å²) in [5, 5.41) is 4.37. The molecule has 1 amide bonds. The number of aryl methyl sites for hydroxylation is 2. The predicted octanol–water partition coefficient (Wildman–Crippen LogP) is 5.55. The van der Waals surface area contributed by atoms with Gasteiger partial charge in [-0.2, -0.15) is 0 Å². The Morgan fingerprint density at radius 3 is 2.78 bits per heavy atom. The number of carbonyl (C=O) groups excluding carboxylic acids is 1. The van der Waals surface area contributed by atoms with Crippen molar-refractivity contribution in [2.45, 2.75) is 63.6 Å². The summed E-state index contributed by atoms with van der Waals surface area (Å²) in [6, 6.07) is 7.88. The van der Waals surface area contributed by atoms with Crippen LogP contribution in [0.5, 0.6) is 0 Å². The number of aromatic nitrogens is 2. The lowest BCUT2D eigenvalue weighted by Crippen LogP contribution is -2.24. The molecule has 0 fully saturated rings. The van der Waals surface area contributed by atoms with Crippen LogP contribution in [0, 0.1) is 0 Å². The maximum Gasteiger partial charge on any atom is 0.263 e. The molecule has 4 rings (SSSR count). The van der Waals surface area contributed by atoms with E-state index in [0.717, 1.165) is 40.7 Å². The molecular formula is C25H29N3O2S2. The predicted molar refractivity (Wildman–Crippen MR) is 135 cm³/mol. The molecular weight excluding hydrogens is 438 g/mol. The fourth-order valence-corrected chi connectivity index (χ4v) is 6.29. The van der Waals surface area contributed by atoms with Gasteiger partial charge in [0.05, 0.1) is 11.1 Å². The Kier molecular flexibility index (Phi) is 6.58. The number of rotatable bonds is 6. The van der Waals surface area contributed by atoms with Gasteiger partial charge < -0.3 is 5.32 Å². The van der Waals surface area contributed by atoms with Gasteiger partial charge in [0.2, 0.25) is 5.91 Å². The molecule has 7 heteroatoms. The number of nitrogens with zero attached hydrogens (tertiary/aromatic N) is 2. The zero-order chi connectivity index (χ0) is 22.9. The number of hydrogen-bond acceptors (Lipinski definition) is 5. The van der Waals surface area contributed by atoms with Crippen molar-refractivity contribution in [3.8, 4) is 0 Å². The highest BCUT2D eigenvalue weighted by Gasteiger charge is 2.23. The molecule has 1 N–H and O–H groups in total. The lowest BCUT2D eigenvalue weighted by molar-refractivity contribution is -0.113. The summed E-state index contributed by atoms with van der Waals surface area (Å²) < 4.78 is 1.65. The fraction of sp³-hybridized carbons (Fsp3) is 0.400. The number of carbonyl (C=O) groups is 1. The van der Waals surface area contributed by atoms with Crippen LogP contribution in [-0.4, -0.2) is 21.2 Å². The molecule has 1 aromatic carbocycles. The Labute approximate surface area is 197 Å². The van der Waals surface area contributed by atoms with Crippen molar-refractivity contribution < 1.29 is 4.79 Å². The van der Waals surface area contributed by atoms with Crippen LogP contribution in [0.2, 0.25) is 0 Å². The largest absolute Gasteiger partial charge is 0.325 e. The number of hydrogen-bond donors (Lipinski definition) is 1. The van der Waals surface area contributed by atoms with E-state index < -0.39 is 0 Å². The lowest BCUT2D eigenvalue weighted by Gasteiger charge is -2.23. The minimum Gasteiger partial charge on any atom is -0.325 e. The smallest absolute Gasteiger partial charge is 0.263 e. The fourth-order valence-electron chi connectivity index (χ4n) is 4.18. The first kappa shape index (κ1) is 22.8. The number of nitrogens with one attached hydrogen (secondary N) is 1. The Morgan fingerprint density at radius 2 is 2.03 bits per heavy atom. The molecule has 1 aliphatic rings. The summed E-state index contributed by atoms with van der Waals surface area (Å²) in [4.78, 5) is 33.0. The molecule has 0 bridgehead atoms. The number of benzene rings is 1. The van der Waals surface area contributed by atoms with Crippen LogP contribution in [0.4, 0.5) is 5.69 Å². The molecule has 0 saturated carbocycles. The average molecular weight is 468 g/mol. The first-order valence-electron chi connectivity index (χ1n) is 11.0. The summed E-state index contributed by atoms with van der Waals surface area (Å²) in [7, 11) is 0. The average Bonchev–Trinajstić information content (AvgIpc) is 3.12. The summed E-state index contributed by atoms with van der Waals surface area (Å²) in [6.45, 7) is 10.6. The van der Waals surface area contributed by atoms with Crippen molar-refractivity contribution in [1.82, 2.24) is 9.55 Å². The van der Waals surface area contributed by atoms with Gasteiger partial charge in [0, 0.05) is 17.1 Å². The van der Waals surface area contributed by atoms with Crippen molar-refractivity contribution in [1.29, 1.82) is 0 Å². The van der Waals surface area contributed by atoms with Crippen LogP contribution in [0.3, 0.4) is 0 Å². The van der Waals surface area contributed by atoms with Crippen LogP contribution in [0.1, 0.15) is 49.6 Å². The molecule has 0 radical (unpaired) electrons. The normalized spacial score (nSPS) is 13.7. The van der Waals surface area contributed by atoms with Gasteiger partial charge in [-0.1, -0.05) is 56.8 Å². The summed E-state index contributed by atoms with van der Waals surface area (Å²) in [6.07, 6.45) is 5.96. The molecule has 2 heterocycles. The highest BCUT2D eigenvalue weighted by molar-refractivity contribution is 7.99. The Balaban J connectivity index is 1.59. The van der Waals surface area contributed by atoms with Crippen molar-refractivity contribution in [2.24, 2.45) is 0 Å². The van der Waals surface area contributed by atoms with Gasteiger partial charge in [0.15, 0.2) is 5.16 Å². The third-order valence-electron chi connectivity index (χ3n) is 5.69. The zero-order valence-electron chi connectivity index (χ0n) is 18.9. The quantitative estimate of drug-likeness (QED) is 0.293. The molecule has 168 valence electrons. The number of thioether (sulfide) groups is 1. The van der Waals surface area contributed by atoms with E-state index in [1.807, 2.05) is 24.3 Å². The molecule has 0 spiro atoms. The molecule has 1 aliphatic carbocycles. The second-order valence-corrected chi connectivity index (χ2v) is 11.1. The molecule has 5 nitrogen and oxygen atoms in total. The van der Waals surface area contributed by atoms with Gasteiger partial charge in [-0.25, -0.2) is 4.98 Å². The van der Waals surface area contributed by atoms with E-state index in [-0.39, 0.29) is 22.6 Å². The van der Waals surface area contributed by atoms with Gasteiger partial charge >= 0.3 is 0 Å². The lowest BCUT2D eigenvalue weighted by atomic mass is 9.86. The van der Waals surface area contributed by atoms with Gasteiger partial charge in [-0.05, 0) is 48.3 Å². The Hall–Kier alpha value is -2.38. The second kappa shape index (κ2) is 9.24. The van der Waals surface area contributed by atoms with Crippen molar-refractivity contribution in [2.75, 3.05) is 11.1 Å². The van der Waals surface area contributed by atoms with E-state index in [1.165, 1.54) is 28.6 Å². The Bertz CT molecular complexity index is 1230. The van der Waals surface area contributed by atoms with E-state index in [1.54, 1.807) is 22.0 Å². The number of allylic oxidation sites excluding steroid dienone is 1. The van der Waals surface area contributed by atoms with Crippen LogP contribution in [-0.2, 0) is 29.6 Å². The third kappa shape index (κ3) is 4.55. The second-order valence-electron chi connectivity index (χ2n) is 9.12. The first-order valence-corrected chi connectivity index (χ1v) is 12.8. The number of fused-ring (bicyclic) bond motifs is 3. The monoisotopic (exact) mass is 467 g/mol. The van der Waals surface area contributed by atoms with E-state index in [2.05, 4.69) is 32.7 Å². The van der Waals surface area contributed by atoms with Crippen LogP contribution < -0.4 is 10.9 Å². The SMILES string of the molecule is C=CCn1c(SCC(=O)Nc2ccccc2C(C)(C)C)nc2sc3c(c2c1=O)CCCC3. The van der Waals surface area contributed by atoms with Crippen LogP contribution >= 0.6 is 23.1 Å². The molecule has 0 saturated heterocycles. The van der Waals surface area contributed by atoms with Gasteiger partial charge in [-0.15, -0.1) is 17.9 Å². The molecule has 3 aromatic rings. The highest BCUT2D eigenvalue weighted by atomic mass is 32.2. The minimum absolute atomic E-state index is 0.0183. The molecule has 0 aliphatic heterocycles. The van der Waals surface area contributed by atoms with Crippen molar-refractivity contribution >= 4 is 44.9 Å². The van der Waals surface area contributed by atoms with E-state index in [4.69, 9.17) is 4.98 Å². The number of thiophene rings is 1. The molecule has 32 heavy (non-hydrogen) atoms. The number of amides is 1. The maximum atomic E-state index is 13.3. The molecule has 0 atom stereocenters. The van der Waals surface area contributed by atoms with E-state index in [0.29, 0.717) is 11.7 Å². The minimum atomic E-state index is -0.114. The Morgan fingerprint density at radius 1 is 1.28 bits per heavy atom. The van der Waals surface area contributed by atoms with Gasteiger partial charge in [0.25, 0.3) is 5.56 Å². The van der Waals surface area contributed by atoms with E-state index >= 15 is 0 Å². The first-order chi connectivity index (χ1) is 15.3. The molecule has 0 unspecified atom stereocenters. The number of para-hydroxylation sites is 1. The van der Waals surface area contributed by atoms with Crippen LogP contribution in [0.15, 0.2) is 46.9 Å². The maximum absolute atomic E-state index is 13.3. The summed E-state index contributed by atoms with van der Waals surface area (Å²) in [5.41, 5.74) is 3.00. The van der Waals surface area contributed by atoms with Crippen LogP contribution in [0.25, 0.3) is 10.2 Å². The third-order valence-corrected chi connectivity index (χ3v) is 7.86. The van der Waals surface area contributed by atoms with E-state index in [9.17, 15) is 9.59 Å². The highest BCUT2D eigenvalue weighted by Crippen LogP contribution is 2.35. The van der Waals surface area contributed by atoms with Gasteiger partial charge in [0.1, 0.15) is 4.83 Å². The van der Waals surface area contributed by atoms with Gasteiger partial charge in [-0.3, -0.25) is 14.2 Å². The van der Waals surface area contributed by atoms with Crippen molar-refractivity contribution in [3.05, 3.63) is 63.3 Å². The summed E-state index contributed by atoms with van der Waals surface area (Å²) >= 11 is 2.93. The summed E-state index contributed by atoms with van der Waals surface area (Å²) in [5.74, 6) is 0.0650. The number of anilines is 1. The topological polar surface area (TPSA) is 64.0 Å². The standard InChI is InChI=1S/C25H29N3O2S2/c1-5-14-28-23(30)21-16-10-6-9-13-19(16)32-22(21)27-24(28)31-15-20(29)26-18-12-8-7-11-17(18)25(2,3)4/h5,7-8,11-12H,1,6,9-10,13-15H2,2-4H3,(H,26,29). The van der Waals surface area contributed by atoms with Crippen molar-refractivity contribution in [3.63, 3.8) is 0 Å².